The van der Waals surface area contributed by atoms with Crippen molar-refractivity contribution in [3.63, 3.8) is 0 Å². The molecule has 0 radical (unpaired) electrons. The molecule has 0 aliphatic carbocycles. The molecule has 6 heteroatoms. The quantitative estimate of drug-likeness (QED) is 0.879. The molecule has 120 valence electrons. The molecule has 23 heavy (non-hydrogen) atoms. The summed E-state index contributed by atoms with van der Waals surface area (Å²) in [6.07, 6.45) is 0. The molecule has 0 atom stereocenters. The summed E-state index contributed by atoms with van der Waals surface area (Å²) in [5.74, 6) is -3.30. The predicted molar refractivity (Wildman–Crippen MR) is 81.2 cm³/mol. The maximum atomic E-state index is 13.0. The number of anilines is 1. The number of benzene rings is 2. The minimum atomic E-state index is -0.973. The summed E-state index contributed by atoms with van der Waals surface area (Å²) in [6.45, 7) is 3.30. The molecule has 0 bridgehead atoms. The number of carbonyl (C=O) groups excluding carboxylic acids is 2. The van der Waals surface area contributed by atoms with E-state index in [0.717, 1.165) is 23.3 Å². The Morgan fingerprint density at radius 2 is 1.65 bits per heavy atom. The number of ether oxygens (including phenoxy) is 1. The first-order valence-electron chi connectivity index (χ1n) is 6.85. The first-order valence-corrected chi connectivity index (χ1v) is 6.85. The molecule has 2 rings (SSSR count). The molecule has 0 aromatic heterocycles. The number of hydrogen-bond acceptors (Lipinski definition) is 3. The van der Waals surface area contributed by atoms with Crippen LogP contribution in [0.2, 0.25) is 0 Å². The SMILES string of the molecule is Cc1ccc(NC(=O)COC(=O)c2cc(F)cc(F)c2)cc1C. The Morgan fingerprint density at radius 1 is 1.00 bits per heavy atom. The molecule has 1 N–H and O–H groups in total. The van der Waals surface area contributed by atoms with Crippen LogP contribution in [0, 0.1) is 25.5 Å². The fraction of sp³-hybridized carbons (Fsp3) is 0.176. The van der Waals surface area contributed by atoms with Crippen LogP contribution in [0.3, 0.4) is 0 Å². The number of aryl methyl sites for hydroxylation is 2. The van der Waals surface area contributed by atoms with Crippen molar-refractivity contribution < 1.29 is 23.1 Å². The van der Waals surface area contributed by atoms with E-state index in [1.54, 1.807) is 12.1 Å². The lowest BCUT2D eigenvalue weighted by Crippen LogP contribution is -2.21. The molecule has 0 aliphatic heterocycles. The third kappa shape index (κ3) is 4.60. The molecule has 0 saturated heterocycles. The van der Waals surface area contributed by atoms with Crippen LogP contribution >= 0.6 is 0 Å². The van der Waals surface area contributed by atoms with Crippen LogP contribution in [0.25, 0.3) is 0 Å². The molecular formula is C17H15F2NO3. The van der Waals surface area contributed by atoms with Crippen molar-refractivity contribution >= 4 is 17.6 Å². The second kappa shape index (κ2) is 7.00. The first-order chi connectivity index (χ1) is 10.8. The summed E-state index contributed by atoms with van der Waals surface area (Å²) in [5.41, 5.74) is 2.38. The highest BCUT2D eigenvalue weighted by molar-refractivity contribution is 5.95. The van der Waals surface area contributed by atoms with E-state index < -0.39 is 30.1 Å². The fourth-order valence-corrected chi connectivity index (χ4v) is 1.90. The zero-order valence-electron chi connectivity index (χ0n) is 12.7. The summed E-state index contributed by atoms with van der Waals surface area (Å²) >= 11 is 0. The molecule has 0 spiro atoms. The van der Waals surface area contributed by atoms with E-state index in [-0.39, 0.29) is 5.56 Å². The van der Waals surface area contributed by atoms with Gasteiger partial charge in [-0.05, 0) is 49.2 Å². The van der Waals surface area contributed by atoms with E-state index in [1.807, 2.05) is 19.9 Å². The molecule has 0 fully saturated rings. The average molecular weight is 319 g/mol. The Balaban J connectivity index is 1.93. The molecule has 2 aromatic carbocycles. The lowest BCUT2D eigenvalue weighted by molar-refractivity contribution is -0.119. The van der Waals surface area contributed by atoms with E-state index >= 15 is 0 Å². The summed E-state index contributed by atoms with van der Waals surface area (Å²) in [5, 5.41) is 2.58. The third-order valence-electron chi connectivity index (χ3n) is 3.22. The first kappa shape index (κ1) is 16.6. The molecule has 0 aliphatic rings. The van der Waals surface area contributed by atoms with Gasteiger partial charge in [0.05, 0.1) is 5.56 Å². The van der Waals surface area contributed by atoms with Gasteiger partial charge >= 0.3 is 5.97 Å². The number of hydrogen-bond donors (Lipinski definition) is 1. The van der Waals surface area contributed by atoms with Crippen LogP contribution in [-0.4, -0.2) is 18.5 Å². The van der Waals surface area contributed by atoms with Crippen LogP contribution in [0.5, 0.6) is 0 Å². The Kier molecular flexibility index (Phi) is 5.05. The van der Waals surface area contributed by atoms with E-state index in [2.05, 4.69) is 5.32 Å². The molecule has 0 heterocycles. The van der Waals surface area contributed by atoms with Crippen molar-refractivity contribution in [3.05, 3.63) is 64.7 Å². The minimum absolute atomic E-state index is 0.290. The van der Waals surface area contributed by atoms with Crippen molar-refractivity contribution in [2.75, 3.05) is 11.9 Å². The number of nitrogens with one attached hydrogen (secondary N) is 1. The maximum Gasteiger partial charge on any atom is 0.338 e. The standard InChI is InChI=1S/C17H15F2NO3/c1-10-3-4-15(5-11(10)2)20-16(21)9-23-17(22)12-6-13(18)8-14(19)7-12/h3-8H,9H2,1-2H3,(H,20,21). The lowest BCUT2D eigenvalue weighted by Gasteiger charge is -2.08. The Bertz CT molecular complexity index is 739. The zero-order chi connectivity index (χ0) is 17.0. The maximum absolute atomic E-state index is 13.0. The topological polar surface area (TPSA) is 55.4 Å². The van der Waals surface area contributed by atoms with Gasteiger partial charge in [-0.2, -0.15) is 0 Å². The van der Waals surface area contributed by atoms with E-state index in [0.29, 0.717) is 11.8 Å². The average Bonchev–Trinajstić information content (AvgIpc) is 2.47. The van der Waals surface area contributed by atoms with Crippen LogP contribution in [0.1, 0.15) is 21.5 Å². The zero-order valence-corrected chi connectivity index (χ0v) is 12.7. The van der Waals surface area contributed by atoms with Crippen molar-refractivity contribution in [1.29, 1.82) is 0 Å². The van der Waals surface area contributed by atoms with E-state index in [9.17, 15) is 18.4 Å². The van der Waals surface area contributed by atoms with Gasteiger partial charge in [-0.15, -0.1) is 0 Å². The third-order valence-corrected chi connectivity index (χ3v) is 3.22. The van der Waals surface area contributed by atoms with Crippen LogP contribution in [-0.2, 0) is 9.53 Å². The fourth-order valence-electron chi connectivity index (χ4n) is 1.90. The summed E-state index contributed by atoms with van der Waals surface area (Å²) < 4.78 is 30.8. The second-order valence-electron chi connectivity index (χ2n) is 5.08. The summed E-state index contributed by atoms with van der Waals surface area (Å²) in [4.78, 5) is 23.4. The van der Waals surface area contributed by atoms with Crippen LogP contribution < -0.4 is 5.32 Å². The Labute approximate surface area is 132 Å². The highest BCUT2D eigenvalue weighted by atomic mass is 19.1. The highest BCUT2D eigenvalue weighted by Crippen LogP contribution is 2.14. The number of halogens is 2. The van der Waals surface area contributed by atoms with E-state index in [1.165, 1.54) is 0 Å². The minimum Gasteiger partial charge on any atom is -0.452 e. The van der Waals surface area contributed by atoms with Gasteiger partial charge in [-0.1, -0.05) is 6.07 Å². The van der Waals surface area contributed by atoms with Crippen molar-refractivity contribution in [2.24, 2.45) is 0 Å². The van der Waals surface area contributed by atoms with Gasteiger partial charge in [0.1, 0.15) is 11.6 Å². The normalized spacial score (nSPS) is 10.3. The second-order valence-corrected chi connectivity index (χ2v) is 5.08. The van der Waals surface area contributed by atoms with Gasteiger partial charge in [0.25, 0.3) is 5.91 Å². The lowest BCUT2D eigenvalue weighted by atomic mass is 10.1. The van der Waals surface area contributed by atoms with Gasteiger partial charge < -0.3 is 10.1 Å². The summed E-state index contributed by atoms with van der Waals surface area (Å²) in [6, 6.07) is 7.69. The molecule has 1 amide bonds. The smallest absolute Gasteiger partial charge is 0.338 e. The Morgan fingerprint density at radius 3 is 2.26 bits per heavy atom. The number of esters is 1. The molecule has 0 unspecified atom stereocenters. The van der Waals surface area contributed by atoms with Gasteiger partial charge in [-0.25, -0.2) is 13.6 Å². The Hall–Kier alpha value is -2.76. The van der Waals surface area contributed by atoms with Crippen molar-refractivity contribution in [2.45, 2.75) is 13.8 Å². The number of carbonyl (C=O) groups is 2. The van der Waals surface area contributed by atoms with Crippen molar-refractivity contribution in [3.8, 4) is 0 Å². The van der Waals surface area contributed by atoms with Crippen molar-refractivity contribution in [1.82, 2.24) is 0 Å². The predicted octanol–water partition coefficient (Wildman–Crippen LogP) is 3.38. The van der Waals surface area contributed by atoms with Crippen LogP contribution in [0.4, 0.5) is 14.5 Å². The molecular weight excluding hydrogens is 304 g/mol. The summed E-state index contributed by atoms with van der Waals surface area (Å²) in [7, 11) is 0. The molecule has 0 saturated carbocycles. The number of rotatable bonds is 4. The molecule has 4 nitrogen and oxygen atoms in total. The van der Waals surface area contributed by atoms with Gasteiger partial charge in [0.2, 0.25) is 0 Å². The highest BCUT2D eigenvalue weighted by Gasteiger charge is 2.13. The van der Waals surface area contributed by atoms with Crippen LogP contribution in [0.15, 0.2) is 36.4 Å². The molecule has 2 aromatic rings. The van der Waals surface area contributed by atoms with Gasteiger partial charge in [0.15, 0.2) is 6.61 Å². The monoisotopic (exact) mass is 319 g/mol. The largest absolute Gasteiger partial charge is 0.452 e. The number of amides is 1. The van der Waals surface area contributed by atoms with E-state index in [4.69, 9.17) is 4.74 Å². The van der Waals surface area contributed by atoms with Gasteiger partial charge in [-0.3, -0.25) is 4.79 Å². The van der Waals surface area contributed by atoms with Gasteiger partial charge in [0, 0.05) is 11.8 Å².